The molecular weight excluding hydrogens is 304 g/mol. The van der Waals surface area contributed by atoms with Crippen LogP contribution in [0.25, 0.3) is 10.9 Å². The average Bonchev–Trinajstić information content (AvgIpc) is 2.47. The first-order valence-corrected chi connectivity index (χ1v) is 8.11. The summed E-state index contributed by atoms with van der Waals surface area (Å²) in [5.74, 6) is 0.375. The zero-order chi connectivity index (χ0) is 14.8. The van der Waals surface area contributed by atoms with E-state index < -0.39 is 10.8 Å². The van der Waals surface area contributed by atoms with Gasteiger partial charge in [0.25, 0.3) is 0 Å². The van der Waals surface area contributed by atoms with E-state index in [1.807, 2.05) is 30.3 Å². The van der Waals surface area contributed by atoms with Crippen molar-refractivity contribution in [3.8, 4) is 0 Å². The van der Waals surface area contributed by atoms with Crippen molar-refractivity contribution in [2.45, 2.75) is 10.6 Å². The predicted molar refractivity (Wildman–Crippen MR) is 87.7 cm³/mol. The van der Waals surface area contributed by atoms with E-state index in [0.717, 1.165) is 16.5 Å². The zero-order valence-electron chi connectivity index (χ0n) is 11.1. The molecule has 1 aromatic heterocycles. The summed E-state index contributed by atoms with van der Waals surface area (Å²) in [6, 6.07) is 14.8. The van der Waals surface area contributed by atoms with Crippen molar-refractivity contribution < 1.29 is 4.21 Å². The van der Waals surface area contributed by atoms with Gasteiger partial charge in [0.05, 0.1) is 27.0 Å². The molecule has 0 spiro atoms. The number of halogens is 1. The number of anilines is 1. The summed E-state index contributed by atoms with van der Waals surface area (Å²) in [7, 11) is -1.23. The molecule has 0 aliphatic heterocycles. The van der Waals surface area contributed by atoms with E-state index in [1.54, 1.807) is 24.4 Å². The third kappa shape index (κ3) is 2.91. The Morgan fingerprint density at radius 1 is 1.14 bits per heavy atom. The number of benzene rings is 2. The van der Waals surface area contributed by atoms with Crippen LogP contribution in [0.15, 0.2) is 59.6 Å². The zero-order valence-corrected chi connectivity index (χ0v) is 12.7. The third-order valence-electron chi connectivity index (χ3n) is 3.22. The normalized spacial score (nSPS) is 12.4. The lowest BCUT2D eigenvalue weighted by Gasteiger charge is -2.08. The lowest BCUT2D eigenvalue weighted by atomic mass is 10.1. The van der Waals surface area contributed by atoms with Gasteiger partial charge < -0.3 is 5.73 Å². The van der Waals surface area contributed by atoms with Gasteiger partial charge in [-0.05, 0) is 29.8 Å². The molecule has 106 valence electrons. The molecule has 0 amide bonds. The van der Waals surface area contributed by atoms with Gasteiger partial charge in [0, 0.05) is 22.3 Å². The fraction of sp³-hybridized carbons (Fsp3) is 0.0625. The van der Waals surface area contributed by atoms with E-state index in [9.17, 15) is 4.21 Å². The Hall–Kier alpha value is -1.91. The Labute approximate surface area is 130 Å². The van der Waals surface area contributed by atoms with Crippen molar-refractivity contribution in [2.24, 2.45) is 0 Å². The van der Waals surface area contributed by atoms with E-state index in [0.29, 0.717) is 21.4 Å². The minimum Gasteiger partial charge on any atom is -0.398 e. The van der Waals surface area contributed by atoms with Gasteiger partial charge in [-0.1, -0.05) is 35.9 Å². The molecule has 21 heavy (non-hydrogen) atoms. The molecule has 0 saturated heterocycles. The highest BCUT2D eigenvalue weighted by Gasteiger charge is 2.11. The number of nitrogen functional groups attached to an aromatic ring is 1. The van der Waals surface area contributed by atoms with Crippen LogP contribution in [0, 0.1) is 0 Å². The van der Waals surface area contributed by atoms with Crippen LogP contribution in [0.1, 0.15) is 5.56 Å². The minimum atomic E-state index is -1.23. The molecule has 2 N–H and O–H groups in total. The Balaban J connectivity index is 1.97. The number of pyridine rings is 1. The molecular formula is C16H13ClN2OS. The molecule has 0 saturated carbocycles. The maximum Gasteiger partial charge on any atom is 0.0743 e. The highest BCUT2D eigenvalue weighted by molar-refractivity contribution is 7.84. The van der Waals surface area contributed by atoms with Crippen molar-refractivity contribution in [3.63, 3.8) is 0 Å². The molecule has 0 aliphatic carbocycles. The fourth-order valence-corrected chi connectivity index (χ4v) is 3.62. The monoisotopic (exact) mass is 316 g/mol. The van der Waals surface area contributed by atoms with Crippen LogP contribution >= 0.6 is 11.6 Å². The van der Waals surface area contributed by atoms with E-state index in [-0.39, 0.29) is 0 Å². The molecule has 1 heterocycles. The standard InChI is InChI=1S/C16H13ClN2OS/c17-13-6-7-15(14(18)9-13)21(20)10-12-4-1-3-11-5-2-8-19-16(11)12/h1-9H,10,18H2. The number of hydrogen-bond acceptors (Lipinski definition) is 3. The van der Waals surface area contributed by atoms with Crippen molar-refractivity contribution in [1.29, 1.82) is 0 Å². The maximum atomic E-state index is 12.6. The molecule has 3 nitrogen and oxygen atoms in total. The molecule has 0 radical (unpaired) electrons. The van der Waals surface area contributed by atoms with E-state index in [1.165, 1.54) is 0 Å². The minimum absolute atomic E-state index is 0.375. The van der Waals surface area contributed by atoms with Gasteiger partial charge in [0.1, 0.15) is 0 Å². The van der Waals surface area contributed by atoms with Crippen molar-refractivity contribution in [2.75, 3.05) is 5.73 Å². The first-order valence-electron chi connectivity index (χ1n) is 6.41. The first kappa shape index (κ1) is 14.0. The van der Waals surface area contributed by atoms with Crippen molar-refractivity contribution in [1.82, 2.24) is 4.98 Å². The molecule has 1 atom stereocenters. The van der Waals surface area contributed by atoms with Gasteiger partial charge >= 0.3 is 0 Å². The summed E-state index contributed by atoms with van der Waals surface area (Å²) >= 11 is 5.87. The van der Waals surface area contributed by atoms with Crippen LogP contribution in [0.3, 0.4) is 0 Å². The van der Waals surface area contributed by atoms with Crippen LogP contribution in [0.5, 0.6) is 0 Å². The van der Waals surface area contributed by atoms with E-state index >= 15 is 0 Å². The topological polar surface area (TPSA) is 56.0 Å². The lowest BCUT2D eigenvalue weighted by molar-refractivity contribution is 0.683. The fourth-order valence-electron chi connectivity index (χ4n) is 2.23. The number of para-hydroxylation sites is 1. The molecule has 1 unspecified atom stereocenters. The molecule has 3 rings (SSSR count). The van der Waals surface area contributed by atoms with Crippen LogP contribution in [-0.4, -0.2) is 9.19 Å². The molecule has 2 aromatic carbocycles. The highest BCUT2D eigenvalue weighted by Crippen LogP contribution is 2.25. The summed E-state index contributed by atoms with van der Waals surface area (Å²) in [5, 5.41) is 1.58. The van der Waals surface area contributed by atoms with Crippen molar-refractivity contribution >= 4 is 39.0 Å². The Bertz CT molecular complexity index is 830. The maximum absolute atomic E-state index is 12.6. The van der Waals surface area contributed by atoms with Gasteiger partial charge in [0.15, 0.2) is 0 Å². The number of rotatable bonds is 3. The van der Waals surface area contributed by atoms with Crippen LogP contribution < -0.4 is 5.73 Å². The Morgan fingerprint density at radius 2 is 1.95 bits per heavy atom. The second-order valence-corrected chi connectivity index (χ2v) is 6.52. The second kappa shape index (κ2) is 5.84. The SMILES string of the molecule is Nc1cc(Cl)ccc1S(=O)Cc1cccc2cccnc12. The van der Waals surface area contributed by atoms with Gasteiger partial charge in [-0.3, -0.25) is 9.19 Å². The van der Waals surface area contributed by atoms with Gasteiger partial charge in [-0.25, -0.2) is 0 Å². The molecule has 0 bridgehead atoms. The lowest BCUT2D eigenvalue weighted by Crippen LogP contribution is -2.01. The van der Waals surface area contributed by atoms with Crippen LogP contribution in [-0.2, 0) is 16.6 Å². The van der Waals surface area contributed by atoms with Gasteiger partial charge in [0.2, 0.25) is 0 Å². The molecule has 5 heteroatoms. The van der Waals surface area contributed by atoms with Crippen LogP contribution in [0.2, 0.25) is 5.02 Å². The van der Waals surface area contributed by atoms with Crippen LogP contribution in [0.4, 0.5) is 5.69 Å². The van der Waals surface area contributed by atoms with Crippen molar-refractivity contribution in [3.05, 3.63) is 65.3 Å². The number of nitrogens with zero attached hydrogens (tertiary/aromatic N) is 1. The van der Waals surface area contributed by atoms with E-state index in [4.69, 9.17) is 17.3 Å². The van der Waals surface area contributed by atoms with Gasteiger partial charge in [-0.15, -0.1) is 0 Å². The number of fused-ring (bicyclic) bond motifs is 1. The first-order chi connectivity index (χ1) is 10.1. The molecule has 0 aliphatic rings. The number of aromatic nitrogens is 1. The largest absolute Gasteiger partial charge is 0.398 e. The quantitative estimate of drug-likeness (QED) is 0.748. The Morgan fingerprint density at radius 3 is 2.76 bits per heavy atom. The smallest absolute Gasteiger partial charge is 0.0743 e. The predicted octanol–water partition coefficient (Wildman–Crippen LogP) is 3.78. The number of nitrogens with two attached hydrogens (primary N) is 1. The second-order valence-electron chi connectivity index (χ2n) is 4.66. The summed E-state index contributed by atoms with van der Waals surface area (Å²) in [6.45, 7) is 0. The summed E-state index contributed by atoms with van der Waals surface area (Å²) < 4.78 is 12.6. The average molecular weight is 317 g/mol. The summed E-state index contributed by atoms with van der Waals surface area (Å²) in [4.78, 5) is 4.98. The van der Waals surface area contributed by atoms with E-state index in [2.05, 4.69) is 4.98 Å². The summed E-state index contributed by atoms with van der Waals surface area (Å²) in [6.07, 6.45) is 1.74. The summed E-state index contributed by atoms with van der Waals surface area (Å²) in [5.41, 5.74) is 8.17. The highest BCUT2D eigenvalue weighted by atomic mass is 35.5. The van der Waals surface area contributed by atoms with Gasteiger partial charge in [-0.2, -0.15) is 0 Å². The third-order valence-corrected chi connectivity index (χ3v) is 4.89. The number of hydrogen-bond donors (Lipinski definition) is 1. The molecule has 3 aromatic rings. The Kier molecular flexibility index (Phi) is 3.90. The molecule has 0 fully saturated rings.